The molecule has 8 aliphatic rings. The van der Waals surface area contributed by atoms with Gasteiger partial charge < -0.3 is 24.8 Å². The van der Waals surface area contributed by atoms with Crippen LogP contribution in [0.15, 0.2) is 54.1 Å². The van der Waals surface area contributed by atoms with Gasteiger partial charge in [-0.1, -0.05) is 0 Å². The zero-order valence-electron chi connectivity index (χ0n) is 29.9. The first-order valence-corrected chi connectivity index (χ1v) is 22.3. The minimum atomic E-state index is -2.35. The summed E-state index contributed by atoms with van der Waals surface area (Å²) in [6.07, 6.45) is 16.8. The largest absolute Gasteiger partial charge is 1.00 e. The molecule has 0 heterocycles. The molecule has 4 saturated carbocycles. The van der Waals surface area contributed by atoms with Crippen molar-refractivity contribution in [2.75, 3.05) is 0 Å². The van der Waals surface area contributed by atoms with Crippen LogP contribution in [0.4, 0.5) is 0 Å². The molecule has 246 valence electrons. The van der Waals surface area contributed by atoms with Gasteiger partial charge in [0.25, 0.3) is 0 Å². The number of hydrogen-bond donors (Lipinski definition) is 0. The van der Waals surface area contributed by atoms with E-state index in [1.54, 1.807) is 48.1 Å². The monoisotopic (exact) mass is 740 g/mol. The molecular formula is C44H52Cl2Zr. The summed E-state index contributed by atoms with van der Waals surface area (Å²) in [5, 5.41) is 0. The molecule has 0 N–H and O–H groups in total. The van der Waals surface area contributed by atoms with Crippen LogP contribution in [0.5, 0.6) is 0 Å². The molecule has 4 bridgehead atoms. The molecule has 0 amide bonds. The van der Waals surface area contributed by atoms with Gasteiger partial charge in [-0.15, -0.1) is 0 Å². The topological polar surface area (TPSA) is 0 Å². The number of halogens is 2. The Morgan fingerprint density at radius 2 is 1.30 bits per heavy atom. The van der Waals surface area contributed by atoms with Crippen molar-refractivity contribution in [1.82, 2.24) is 0 Å². The van der Waals surface area contributed by atoms with Crippen molar-refractivity contribution in [3.05, 3.63) is 87.5 Å². The molecule has 47 heavy (non-hydrogen) atoms. The minimum Gasteiger partial charge on any atom is -1.00 e. The van der Waals surface area contributed by atoms with Gasteiger partial charge in [0, 0.05) is 0 Å². The molecule has 2 aromatic carbocycles. The van der Waals surface area contributed by atoms with Crippen LogP contribution in [0.1, 0.15) is 134 Å². The molecule has 8 aliphatic carbocycles. The maximum absolute atomic E-state index is 5.21. The zero-order chi connectivity index (χ0) is 31.4. The fraction of sp³-hybridized carbons (Fsp3) is 0.523. The van der Waals surface area contributed by atoms with Crippen LogP contribution in [0.2, 0.25) is 0 Å². The molecule has 1 unspecified atom stereocenters. The van der Waals surface area contributed by atoms with E-state index in [0.29, 0.717) is 11.3 Å². The van der Waals surface area contributed by atoms with E-state index in [1.165, 1.54) is 70.2 Å². The number of allylic oxidation sites excluding steroid dienone is 8. The Bertz CT molecular complexity index is 1850. The molecular weight excluding hydrogens is 691 g/mol. The molecule has 0 saturated heterocycles. The molecule has 0 aromatic heterocycles. The van der Waals surface area contributed by atoms with Crippen LogP contribution in [0.25, 0.3) is 22.3 Å². The van der Waals surface area contributed by atoms with E-state index in [-0.39, 0.29) is 35.6 Å². The first-order valence-electron chi connectivity index (χ1n) is 18.1. The molecule has 0 nitrogen and oxygen atoms in total. The summed E-state index contributed by atoms with van der Waals surface area (Å²) >= 11 is -2.35. The molecule has 0 spiro atoms. The summed E-state index contributed by atoms with van der Waals surface area (Å²) in [4.78, 5) is 0. The van der Waals surface area contributed by atoms with Crippen molar-refractivity contribution in [3.8, 4) is 11.1 Å². The quantitative estimate of drug-likeness (QED) is 0.332. The number of rotatable bonds is 4. The summed E-state index contributed by atoms with van der Waals surface area (Å²) in [6, 6.07) is 10.3. The van der Waals surface area contributed by atoms with Gasteiger partial charge in [-0.05, 0) is 0 Å². The summed E-state index contributed by atoms with van der Waals surface area (Å²) < 4.78 is 8.76. The van der Waals surface area contributed by atoms with Gasteiger partial charge in [0.1, 0.15) is 0 Å². The Hall–Kier alpha value is -1.27. The van der Waals surface area contributed by atoms with Crippen LogP contribution in [-0.2, 0) is 38.5 Å². The van der Waals surface area contributed by atoms with Crippen LogP contribution >= 0.6 is 0 Å². The zero-order valence-corrected chi connectivity index (χ0v) is 33.9. The molecule has 0 radical (unpaired) electrons. The summed E-state index contributed by atoms with van der Waals surface area (Å²) in [5.74, 6) is 3.67. The maximum Gasteiger partial charge on any atom is -1.00 e. The van der Waals surface area contributed by atoms with E-state index in [2.05, 4.69) is 91.8 Å². The third-order valence-electron chi connectivity index (χ3n) is 14.1. The Labute approximate surface area is 304 Å². The van der Waals surface area contributed by atoms with E-state index in [9.17, 15) is 0 Å². The predicted octanol–water partition coefficient (Wildman–Crippen LogP) is 5.49. The van der Waals surface area contributed by atoms with Crippen molar-refractivity contribution in [2.45, 2.75) is 118 Å². The number of fused-ring (bicyclic) bond motifs is 5. The third-order valence-corrected chi connectivity index (χ3v) is 21.7. The standard InChI is InChI=1S/C25H25.C18H25.CH2.2ClH.Zr/c1-14-12-24(3,4)22-8-16-7-17-9-23-19(15(2)13-25(23,5)6)11-21(17)20(16)10-18(14)22;1-12-3-13(2)17(4-12)11-18-8-14-5-15(9-18)7-16(6-14)10-18;;;;/h8-12H,7H2,1-6H3;4,12,14-16H,5-11H2,1-2H3;1H2;2*1H;/q;;;;;+2/p-2. The van der Waals surface area contributed by atoms with E-state index in [4.69, 9.17) is 4.21 Å². The number of hydrogen-bond acceptors (Lipinski definition) is 0. The van der Waals surface area contributed by atoms with Crippen molar-refractivity contribution < 1.29 is 46.1 Å². The second kappa shape index (κ2) is 11.1. The first-order chi connectivity index (χ1) is 21.2. The predicted molar refractivity (Wildman–Crippen MR) is 189 cm³/mol. The van der Waals surface area contributed by atoms with Gasteiger partial charge in [-0.25, -0.2) is 0 Å². The second-order valence-corrected chi connectivity index (χ2v) is 23.0. The summed E-state index contributed by atoms with van der Waals surface area (Å²) in [6.45, 7) is 19.6. The number of benzene rings is 2. The van der Waals surface area contributed by atoms with Crippen LogP contribution in [0, 0.1) is 29.1 Å². The Morgan fingerprint density at radius 3 is 1.89 bits per heavy atom. The van der Waals surface area contributed by atoms with Crippen molar-refractivity contribution >= 4 is 15.4 Å². The van der Waals surface area contributed by atoms with Crippen LogP contribution < -0.4 is 24.8 Å². The van der Waals surface area contributed by atoms with E-state index >= 15 is 0 Å². The SMILES string of the molecule is [CH2]=[Zr+2]([C]1=C(C)C(CC23CC4CC(CC(C4)C2)C3)=CC1C)[C]1=C(C)c2cc3c(cc2C1(C)C)Cc1cc2c(cc1-3)C(C)=CC2(C)C.[Cl-].[Cl-]. The van der Waals surface area contributed by atoms with Crippen LogP contribution in [-0.4, -0.2) is 4.21 Å². The van der Waals surface area contributed by atoms with Crippen molar-refractivity contribution in [3.63, 3.8) is 0 Å². The van der Waals surface area contributed by atoms with Gasteiger partial charge >= 0.3 is 282 Å². The fourth-order valence-corrected chi connectivity index (χ4v) is 20.1. The van der Waals surface area contributed by atoms with E-state index < -0.39 is 21.3 Å². The van der Waals surface area contributed by atoms with E-state index in [0.717, 1.165) is 24.2 Å². The van der Waals surface area contributed by atoms with Crippen LogP contribution in [0.3, 0.4) is 0 Å². The Morgan fingerprint density at radius 1 is 0.745 bits per heavy atom. The molecule has 3 heteroatoms. The Kier molecular flexibility index (Phi) is 8.09. The molecule has 2 aromatic rings. The average Bonchev–Trinajstić information content (AvgIpc) is 3.57. The molecule has 0 aliphatic heterocycles. The van der Waals surface area contributed by atoms with Gasteiger partial charge in [0.05, 0.1) is 0 Å². The first kappa shape index (κ1) is 34.2. The normalized spacial score (nSPS) is 31.0. The van der Waals surface area contributed by atoms with Gasteiger partial charge in [0.15, 0.2) is 0 Å². The van der Waals surface area contributed by atoms with Gasteiger partial charge in [-0.2, -0.15) is 0 Å². The maximum atomic E-state index is 5.21. The summed E-state index contributed by atoms with van der Waals surface area (Å²) in [7, 11) is 0. The average molecular weight is 743 g/mol. The fourth-order valence-electron chi connectivity index (χ4n) is 12.8. The van der Waals surface area contributed by atoms with E-state index in [1.807, 2.05) is 0 Å². The third kappa shape index (κ3) is 4.85. The minimum absolute atomic E-state index is 0. The van der Waals surface area contributed by atoms with Gasteiger partial charge in [0.2, 0.25) is 0 Å². The smallest absolute Gasteiger partial charge is 1.00 e. The molecule has 10 rings (SSSR count). The molecule has 4 fully saturated rings. The van der Waals surface area contributed by atoms with Gasteiger partial charge in [-0.3, -0.25) is 0 Å². The summed E-state index contributed by atoms with van der Waals surface area (Å²) in [5.41, 5.74) is 19.3. The van der Waals surface area contributed by atoms with Crippen molar-refractivity contribution in [1.29, 1.82) is 0 Å². The molecule has 1 atom stereocenters. The Balaban J connectivity index is 0.00000176. The van der Waals surface area contributed by atoms with Crippen molar-refractivity contribution in [2.24, 2.45) is 29.1 Å². The second-order valence-electron chi connectivity index (χ2n) is 18.1.